The second-order valence-electron chi connectivity index (χ2n) is 5.05. The number of benzene rings is 1. The van der Waals surface area contributed by atoms with Gasteiger partial charge in [-0.1, -0.05) is 31.2 Å². The number of rotatable bonds is 8. The molecular formula is C15H27N3. The third-order valence-corrected chi connectivity index (χ3v) is 3.19. The maximum absolute atomic E-state index is 5.61. The van der Waals surface area contributed by atoms with Crippen molar-refractivity contribution in [2.45, 2.75) is 26.4 Å². The van der Waals surface area contributed by atoms with Crippen LogP contribution in [0.2, 0.25) is 0 Å². The van der Waals surface area contributed by atoms with Gasteiger partial charge in [0.25, 0.3) is 0 Å². The second kappa shape index (κ2) is 8.25. The molecule has 0 saturated carbocycles. The lowest BCUT2D eigenvalue weighted by Gasteiger charge is -2.21. The first-order valence-corrected chi connectivity index (χ1v) is 6.80. The summed E-state index contributed by atoms with van der Waals surface area (Å²) in [7, 11) is 4.25. The van der Waals surface area contributed by atoms with Crippen LogP contribution in [0.5, 0.6) is 0 Å². The predicted octanol–water partition coefficient (Wildman–Crippen LogP) is 1.92. The largest absolute Gasteiger partial charge is 0.326 e. The van der Waals surface area contributed by atoms with E-state index in [4.69, 9.17) is 5.73 Å². The number of nitrogens with zero attached hydrogens (tertiary/aromatic N) is 2. The van der Waals surface area contributed by atoms with Gasteiger partial charge in [0.05, 0.1) is 0 Å². The molecule has 0 amide bonds. The van der Waals surface area contributed by atoms with Gasteiger partial charge in [0.2, 0.25) is 0 Å². The topological polar surface area (TPSA) is 32.5 Å². The SMILES string of the molecule is CCN(CCCN(C)C)Cc1ccc(CN)cc1. The Balaban J connectivity index is 2.41. The van der Waals surface area contributed by atoms with Gasteiger partial charge in [-0.25, -0.2) is 0 Å². The zero-order valence-electron chi connectivity index (χ0n) is 12.0. The summed E-state index contributed by atoms with van der Waals surface area (Å²) >= 11 is 0. The van der Waals surface area contributed by atoms with E-state index in [1.807, 2.05) is 0 Å². The summed E-state index contributed by atoms with van der Waals surface area (Å²) in [6, 6.07) is 8.64. The summed E-state index contributed by atoms with van der Waals surface area (Å²) in [6.45, 7) is 7.31. The van der Waals surface area contributed by atoms with Crippen molar-refractivity contribution in [1.82, 2.24) is 9.80 Å². The van der Waals surface area contributed by atoms with Crippen molar-refractivity contribution in [2.24, 2.45) is 5.73 Å². The van der Waals surface area contributed by atoms with Crippen molar-refractivity contribution in [2.75, 3.05) is 33.7 Å². The van der Waals surface area contributed by atoms with Gasteiger partial charge in [0.1, 0.15) is 0 Å². The number of nitrogens with two attached hydrogens (primary N) is 1. The molecule has 18 heavy (non-hydrogen) atoms. The average molecular weight is 249 g/mol. The summed E-state index contributed by atoms with van der Waals surface area (Å²) in [5.74, 6) is 0. The molecule has 1 aromatic carbocycles. The molecule has 102 valence electrons. The van der Waals surface area contributed by atoms with Crippen molar-refractivity contribution < 1.29 is 0 Å². The van der Waals surface area contributed by atoms with E-state index in [1.165, 1.54) is 17.5 Å². The third-order valence-electron chi connectivity index (χ3n) is 3.19. The molecule has 0 bridgehead atoms. The molecule has 1 aromatic rings. The summed E-state index contributed by atoms with van der Waals surface area (Å²) in [5, 5.41) is 0. The molecule has 0 aliphatic heterocycles. The molecular weight excluding hydrogens is 222 g/mol. The molecule has 0 radical (unpaired) electrons. The average Bonchev–Trinajstić information content (AvgIpc) is 2.38. The molecule has 0 saturated heterocycles. The van der Waals surface area contributed by atoms with Crippen molar-refractivity contribution in [3.8, 4) is 0 Å². The van der Waals surface area contributed by atoms with Crippen LogP contribution in [0.25, 0.3) is 0 Å². The third kappa shape index (κ3) is 5.63. The summed E-state index contributed by atoms with van der Waals surface area (Å²) < 4.78 is 0. The van der Waals surface area contributed by atoms with E-state index in [0.717, 1.165) is 26.2 Å². The van der Waals surface area contributed by atoms with Crippen LogP contribution in [0.4, 0.5) is 0 Å². The van der Waals surface area contributed by atoms with E-state index in [0.29, 0.717) is 6.54 Å². The van der Waals surface area contributed by atoms with E-state index in [-0.39, 0.29) is 0 Å². The molecule has 1 rings (SSSR count). The predicted molar refractivity (Wildman–Crippen MR) is 78.5 cm³/mol. The van der Waals surface area contributed by atoms with E-state index in [1.54, 1.807) is 0 Å². The van der Waals surface area contributed by atoms with Gasteiger partial charge >= 0.3 is 0 Å². The standard InChI is InChI=1S/C15H27N3/c1-4-18(11-5-10-17(2)3)13-15-8-6-14(12-16)7-9-15/h6-9H,4-5,10-13,16H2,1-3H3. The smallest absolute Gasteiger partial charge is 0.0233 e. The highest BCUT2D eigenvalue weighted by Gasteiger charge is 2.04. The first-order chi connectivity index (χ1) is 8.65. The molecule has 3 heteroatoms. The molecule has 0 heterocycles. The lowest BCUT2D eigenvalue weighted by Crippen LogP contribution is -2.26. The van der Waals surface area contributed by atoms with Crippen molar-refractivity contribution >= 4 is 0 Å². The van der Waals surface area contributed by atoms with E-state index >= 15 is 0 Å². The van der Waals surface area contributed by atoms with Crippen LogP contribution < -0.4 is 5.73 Å². The van der Waals surface area contributed by atoms with Crippen LogP contribution in [0.1, 0.15) is 24.5 Å². The lowest BCUT2D eigenvalue weighted by molar-refractivity contribution is 0.259. The van der Waals surface area contributed by atoms with Crippen LogP contribution in [-0.4, -0.2) is 43.5 Å². The minimum Gasteiger partial charge on any atom is -0.326 e. The first-order valence-electron chi connectivity index (χ1n) is 6.80. The first kappa shape index (κ1) is 15.2. The Morgan fingerprint density at radius 1 is 1.00 bits per heavy atom. The molecule has 0 atom stereocenters. The molecule has 0 spiro atoms. The Hall–Kier alpha value is -0.900. The molecule has 0 unspecified atom stereocenters. The normalized spacial score (nSPS) is 11.4. The van der Waals surface area contributed by atoms with E-state index in [9.17, 15) is 0 Å². The van der Waals surface area contributed by atoms with E-state index < -0.39 is 0 Å². The van der Waals surface area contributed by atoms with Crippen LogP contribution in [0.3, 0.4) is 0 Å². The van der Waals surface area contributed by atoms with Gasteiger partial charge in [-0.2, -0.15) is 0 Å². The second-order valence-corrected chi connectivity index (χ2v) is 5.05. The van der Waals surface area contributed by atoms with Crippen molar-refractivity contribution in [1.29, 1.82) is 0 Å². The minimum atomic E-state index is 0.626. The van der Waals surface area contributed by atoms with Gasteiger partial charge in [-0.05, 0) is 51.3 Å². The van der Waals surface area contributed by atoms with Gasteiger partial charge in [-0.3, -0.25) is 4.90 Å². The maximum Gasteiger partial charge on any atom is 0.0233 e. The Morgan fingerprint density at radius 2 is 1.61 bits per heavy atom. The van der Waals surface area contributed by atoms with Gasteiger partial charge < -0.3 is 10.6 Å². The zero-order chi connectivity index (χ0) is 13.4. The highest BCUT2D eigenvalue weighted by Crippen LogP contribution is 2.07. The Labute approximate surface area is 112 Å². The Bertz CT molecular complexity index is 319. The monoisotopic (exact) mass is 249 g/mol. The maximum atomic E-state index is 5.61. The molecule has 2 N–H and O–H groups in total. The van der Waals surface area contributed by atoms with Crippen LogP contribution in [0.15, 0.2) is 24.3 Å². The highest BCUT2D eigenvalue weighted by atomic mass is 15.1. The van der Waals surface area contributed by atoms with Crippen LogP contribution in [-0.2, 0) is 13.1 Å². The van der Waals surface area contributed by atoms with Gasteiger partial charge in [0.15, 0.2) is 0 Å². The van der Waals surface area contributed by atoms with Crippen molar-refractivity contribution in [3.05, 3.63) is 35.4 Å². The Kier molecular flexibility index (Phi) is 6.94. The molecule has 0 fully saturated rings. The fourth-order valence-electron chi connectivity index (χ4n) is 2.00. The fourth-order valence-corrected chi connectivity index (χ4v) is 2.00. The van der Waals surface area contributed by atoms with Crippen molar-refractivity contribution in [3.63, 3.8) is 0 Å². The zero-order valence-corrected chi connectivity index (χ0v) is 12.0. The molecule has 3 nitrogen and oxygen atoms in total. The van der Waals surface area contributed by atoms with Gasteiger partial charge in [-0.15, -0.1) is 0 Å². The number of hydrogen-bond acceptors (Lipinski definition) is 3. The molecule has 0 aliphatic carbocycles. The quantitative estimate of drug-likeness (QED) is 0.764. The molecule has 0 aliphatic rings. The molecule has 0 aromatic heterocycles. The Morgan fingerprint density at radius 3 is 2.11 bits per heavy atom. The van der Waals surface area contributed by atoms with Gasteiger partial charge in [0, 0.05) is 13.1 Å². The minimum absolute atomic E-state index is 0.626. The fraction of sp³-hybridized carbons (Fsp3) is 0.600. The summed E-state index contributed by atoms with van der Waals surface area (Å²) in [5.41, 5.74) is 8.18. The highest BCUT2D eigenvalue weighted by molar-refractivity contribution is 5.22. The number of hydrogen-bond donors (Lipinski definition) is 1. The van der Waals surface area contributed by atoms with E-state index in [2.05, 4.69) is 55.1 Å². The summed E-state index contributed by atoms with van der Waals surface area (Å²) in [6.07, 6.45) is 1.22. The lowest BCUT2D eigenvalue weighted by atomic mass is 10.1. The summed E-state index contributed by atoms with van der Waals surface area (Å²) in [4.78, 5) is 4.73. The van der Waals surface area contributed by atoms with Crippen LogP contribution >= 0.6 is 0 Å². The van der Waals surface area contributed by atoms with Crippen LogP contribution in [0, 0.1) is 0 Å².